The molecule has 18 heavy (non-hydrogen) atoms. The molecule has 1 heterocycles. The van der Waals surface area contributed by atoms with Gasteiger partial charge in [-0.2, -0.15) is 0 Å². The first-order chi connectivity index (χ1) is 7.95. The number of nitrogens with two attached hydrogens (primary N) is 1. The van der Waals surface area contributed by atoms with Gasteiger partial charge in [0.2, 0.25) is 5.91 Å². The van der Waals surface area contributed by atoms with Gasteiger partial charge in [0.25, 0.3) is 0 Å². The van der Waals surface area contributed by atoms with E-state index in [1.165, 1.54) is 0 Å². The quantitative estimate of drug-likeness (QED) is 0.861. The van der Waals surface area contributed by atoms with Crippen molar-refractivity contribution in [2.45, 2.75) is 52.6 Å². The van der Waals surface area contributed by atoms with E-state index in [4.69, 9.17) is 10.3 Å². The van der Waals surface area contributed by atoms with E-state index in [1.54, 1.807) is 0 Å². The van der Waals surface area contributed by atoms with Crippen molar-refractivity contribution < 1.29 is 9.32 Å². The number of rotatable bonds is 5. The molecule has 0 spiro atoms. The van der Waals surface area contributed by atoms with Crippen molar-refractivity contribution in [1.82, 2.24) is 10.5 Å². The number of amides is 1. The van der Waals surface area contributed by atoms with E-state index in [2.05, 4.69) is 10.5 Å². The molecule has 1 aromatic heterocycles. The number of hydrogen-bond donors (Lipinski definition) is 2. The minimum atomic E-state index is -0.128. The number of carbonyl (C=O) groups is 1. The van der Waals surface area contributed by atoms with E-state index in [1.807, 2.05) is 27.7 Å². The molecule has 104 valence electrons. The smallest absolute Gasteiger partial charge is 0.222 e. The van der Waals surface area contributed by atoms with Crippen LogP contribution >= 0.6 is 12.4 Å². The molecule has 1 amide bonds. The van der Waals surface area contributed by atoms with Crippen molar-refractivity contribution in [1.29, 1.82) is 0 Å². The lowest BCUT2D eigenvalue weighted by Gasteiger charge is -2.17. The van der Waals surface area contributed by atoms with E-state index < -0.39 is 0 Å². The van der Waals surface area contributed by atoms with Gasteiger partial charge in [-0.1, -0.05) is 12.1 Å². The molecule has 0 aliphatic rings. The van der Waals surface area contributed by atoms with Gasteiger partial charge in [0.15, 0.2) is 0 Å². The molecule has 0 aliphatic carbocycles. The zero-order chi connectivity index (χ0) is 13.0. The van der Waals surface area contributed by atoms with Crippen molar-refractivity contribution in [3.63, 3.8) is 0 Å². The summed E-state index contributed by atoms with van der Waals surface area (Å²) in [6, 6.07) is -0.176. The SMILES string of the molecule is CCC(NC(=O)CC(C)N)c1c(C)noc1C.Cl. The van der Waals surface area contributed by atoms with Gasteiger partial charge >= 0.3 is 0 Å². The lowest BCUT2D eigenvalue weighted by atomic mass is 10.0. The summed E-state index contributed by atoms with van der Waals surface area (Å²) in [5.41, 5.74) is 7.40. The zero-order valence-electron chi connectivity index (χ0n) is 11.3. The molecular formula is C12H22ClN3O2. The number of nitrogens with zero attached hydrogens (tertiary/aromatic N) is 1. The molecule has 0 saturated heterocycles. The lowest BCUT2D eigenvalue weighted by Crippen LogP contribution is -2.33. The second-order valence-corrected chi connectivity index (χ2v) is 4.45. The Balaban J connectivity index is 0.00000289. The second kappa shape index (κ2) is 7.38. The molecule has 2 unspecified atom stereocenters. The number of nitrogens with one attached hydrogen (secondary N) is 1. The standard InChI is InChI=1S/C12H21N3O2.ClH/c1-5-10(14-11(16)6-7(2)13)12-8(3)15-17-9(12)4;/h7,10H,5-6,13H2,1-4H3,(H,14,16);1H. The van der Waals surface area contributed by atoms with Crippen molar-refractivity contribution in [3.05, 3.63) is 17.0 Å². The molecule has 0 fully saturated rings. The molecule has 0 aliphatic heterocycles. The van der Waals surface area contributed by atoms with E-state index in [0.29, 0.717) is 6.42 Å². The number of carbonyl (C=O) groups excluding carboxylic acids is 1. The minimum absolute atomic E-state index is 0. The maximum Gasteiger partial charge on any atom is 0.222 e. The summed E-state index contributed by atoms with van der Waals surface area (Å²) >= 11 is 0. The summed E-state index contributed by atoms with van der Waals surface area (Å²) in [7, 11) is 0. The van der Waals surface area contributed by atoms with Crippen molar-refractivity contribution in [2.75, 3.05) is 0 Å². The highest BCUT2D eigenvalue weighted by molar-refractivity contribution is 5.85. The van der Waals surface area contributed by atoms with Crippen LogP contribution in [-0.4, -0.2) is 17.1 Å². The Kier molecular flexibility index (Phi) is 6.94. The number of hydrogen-bond acceptors (Lipinski definition) is 4. The summed E-state index contributed by atoms with van der Waals surface area (Å²) in [5.74, 6) is 0.724. The summed E-state index contributed by atoms with van der Waals surface area (Å²) < 4.78 is 5.11. The van der Waals surface area contributed by atoms with Crippen LogP contribution in [0.15, 0.2) is 4.52 Å². The van der Waals surface area contributed by atoms with Crippen LogP contribution in [0.2, 0.25) is 0 Å². The van der Waals surface area contributed by atoms with Crippen LogP contribution in [-0.2, 0) is 4.79 Å². The van der Waals surface area contributed by atoms with E-state index in [9.17, 15) is 4.79 Å². The highest BCUT2D eigenvalue weighted by Gasteiger charge is 2.20. The molecule has 1 rings (SSSR count). The van der Waals surface area contributed by atoms with Crippen molar-refractivity contribution in [3.8, 4) is 0 Å². The molecule has 0 radical (unpaired) electrons. The normalized spacial score (nSPS) is 13.6. The highest BCUT2D eigenvalue weighted by Crippen LogP contribution is 2.23. The van der Waals surface area contributed by atoms with E-state index in [0.717, 1.165) is 23.4 Å². The topological polar surface area (TPSA) is 81.2 Å². The van der Waals surface area contributed by atoms with Crippen LogP contribution in [0.25, 0.3) is 0 Å². The molecule has 2 atom stereocenters. The third kappa shape index (κ3) is 4.31. The predicted molar refractivity (Wildman–Crippen MR) is 72.7 cm³/mol. The summed E-state index contributed by atoms with van der Waals surface area (Å²) in [5, 5.41) is 6.87. The Bertz CT molecular complexity index is 371. The summed E-state index contributed by atoms with van der Waals surface area (Å²) in [6.45, 7) is 7.57. The van der Waals surface area contributed by atoms with Gasteiger partial charge in [0, 0.05) is 18.0 Å². The Labute approximate surface area is 114 Å². The van der Waals surface area contributed by atoms with Gasteiger partial charge in [0.05, 0.1) is 11.7 Å². The Morgan fingerprint density at radius 1 is 1.50 bits per heavy atom. The third-order valence-corrected chi connectivity index (χ3v) is 2.69. The lowest BCUT2D eigenvalue weighted by molar-refractivity contribution is -0.122. The van der Waals surface area contributed by atoms with Gasteiger partial charge in [-0.25, -0.2) is 0 Å². The van der Waals surface area contributed by atoms with Crippen molar-refractivity contribution >= 4 is 18.3 Å². The highest BCUT2D eigenvalue weighted by atomic mass is 35.5. The molecule has 0 saturated carbocycles. The first-order valence-corrected chi connectivity index (χ1v) is 5.93. The van der Waals surface area contributed by atoms with Crippen LogP contribution in [0.5, 0.6) is 0 Å². The average molecular weight is 276 g/mol. The average Bonchev–Trinajstić information content (AvgIpc) is 2.54. The molecule has 0 bridgehead atoms. The van der Waals surface area contributed by atoms with E-state index >= 15 is 0 Å². The Hall–Kier alpha value is -1.07. The van der Waals surface area contributed by atoms with Gasteiger partial charge in [-0.05, 0) is 27.2 Å². The molecule has 0 aromatic carbocycles. The Morgan fingerprint density at radius 2 is 2.11 bits per heavy atom. The maximum absolute atomic E-state index is 11.7. The summed E-state index contributed by atoms with van der Waals surface area (Å²) in [6.07, 6.45) is 1.13. The molecule has 1 aromatic rings. The summed E-state index contributed by atoms with van der Waals surface area (Å²) in [4.78, 5) is 11.7. The second-order valence-electron chi connectivity index (χ2n) is 4.45. The minimum Gasteiger partial charge on any atom is -0.361 e. The number of aromatic nitrogens is 1. The van der Waals surface area contributed by atoms with Gasteiger partial charge < -0.3 is 15.6 Å². The first-order valence-electron chi connectivity index (χ1n) is 5.93. The van der Waals surface area contributed by atoms with Crippen LogP contribution < -0.4 is 11.1 Å². The van der Waals surface area contributed by atoms with E-state index in [-0.39, 0.29) is 30.4 Å². The molecule has 5 nitrogen and oxygen atoms in total. The monoisotopic (exact) mass is 275 g/mol. The zero-order valence-corrected chi connectivity index (χ0v) is 12.1. The van der Waals surface area contributed by atoms with Gasteiger partial charge in [0.1, 0.15) is 5.76 Å². The Morgan fingerprint density at radius 3 is 2.50 bits per heavy atom. The predicted octanol–water partition coefficient (Wildman–Crippen LogP) is 2.02. The van der Waals surface area contributed by atoms with Gasteiger partial charge in [-0.15, -0.1) is 12.4 Å². The maximum atomic E-state index is 11.7. The van der Waals surface area contributed by atoms with Crippen molar-refractivity contribution in [2.24, 2.45) is 5.73 Å². The van der Waals surface area contributed by atoms with Crippen LogP contribution in [0, 0.1) is 13.8 Å². The van der Waals surface area contributed by atoms with Gasteiger partial charge in [-0.3, -0.25) is 4.79 Å². The molecular weight excluding hydrogens is 254 g/mol. The number of aryl methyl sites for hydroxylation is 2. The molecule has 3 N–H and O–H groups in total. The first kappa shape index (κ1) is 16.9. The largest absolute Gasteiger partial charge is 0.361 e. The van der Waals surface area contributed by atoms with Crippen LogP contribution in [0.4, 0.5) is 0 Å². The van der Waals surface area contributed by atoms with Crippen LogP contribution in [0.3, 0.4) is 0 Å². The third-order valence-electron chi connectivity index (χ3n) is 2.69. The fourth-order valence-corrected chi connectivity index (χ4v) is 1.91. The fourth-order valence-electron chi connectivity index (χ4n) is 1.91. The van der Waals surface area contributed by atoms with Crippen LogP contribution in [0.1, 0.15) is 49.7 Å². The molecule has 6 heteroatoms. The fraction of sp³-hybridized carbons (Fsp3) is 0.667. The number of halogens is 1.